The molecule has 6 nitrogen and oxygen atoms in total. The highest BCUT2D eigenvalue weighted by atomic mass is 79.9. The SMILES string of the molecule is O=C(Nc1ccc(Br)cc1)/C(C(=O)OCC(F)(F)F)=C(\O)OCC(F)(F)F. The van der Waals surface area contributed by atoms with E-state index in [1.165, 1.54) is 24.3 Å². The van der Waals surface area contributed by atoms with Gasteiger partial charge in [0.1, 0.15) is 0 Å². The van der Waals surface area contributed by atoms with Crippen LogP contribution in [-0.4, -0.2) is 42.5 Å². The van der Waals surface area contributed by atoms with Crippen LogP contribution in [0.3, 0.4) is 0 Å². The Kier molecular flexibility index (Phi) is 7.51. The summed E-state index contributed by atoms with van der Waals surface area (Å²) in [6, 6.07) is 5.49. The number of benzene rings is 1. The predicted octanol–water partition coefficient (Wildman–Crippen LogP) is 3.84. The fourth-order valence-electron chi connectivity index (χ4n) is 1.45. The van der Waals surface area contributed by atoms with E-state index in [2.05, 4.69) is 25.4 Å². The standard InChI is InChI=1S/C14H10BrF6NO5/c15-7-1-3-8(4-2-7)22-10(23)9(11(24)26-5-13(16,17)18)12(25)27-6-14(19,20)21/h1-4,24H,5-6H2,(H,22,23)/b11-9-. The number of esters is 1. The van der Waals surface area contributed by atoms with Gasteiger partial charge in [-0.1, -0.05) is 15.9 Å². The van der Waals surface area contributed by atoms with Crippen molar-refractivity contribution in [2.24, 2.45) is 0 Å². The molecule has 0 atom stereocenters. The van der Waals surface area contributed by atoms with Crippen LogP contribution >= 0.6 is 15.9 Å². The van der Waals surface area contributed by atoms with Crippen molar-refractivity contribution in [3.05, 3.63) is 40.3 Å². The molecule has 1 aromatic rings. The van der Waals surface area contributed by atoms with E-state index in [0.717, 1.165) is 0 Å². The lowest BCUT2D eigenvalue weighted by Crippen LogP contribution is -2.29. The van der Waals surface area contributed by atoms with Crippen molar-refractivity contribution in [3.8, 4) is 0 Å². The smallest absolute Gasteiger partial charge is 0.422 e. The molecule has 150 valence electrons. The maximum atomic E-state index is 12.1. The lowest BCUT2D eigenvalue weighted by molar-refractivity contribution is -0.185. The summed E-state index contributed by atoms with van der Waals surface area (Å²) in [5.41, 5.74) is -1.54. The average Bonchev–Trinajstić information content (AvgIpc) is 2.52. The van der Waals surface area contributed by atoms with Gasteiger partial charge in [0.25, 0.3) is 11.9 Å². The lowest BCUT2D eigenvalue weighted by atomic mass is 10.2. The van der Waals surface area contributed by atoms with Crippen LogP contribution in [0.4, 0.5) is 32.0 Å². The maximum absolute atomic E-state index is 12.1. The summed E-state index contributed by atoms with van der Waals surface area (Å²) in [5, 5.41) is 11.5. The van der Waals surface area contributed by atoms with E-state index in [-0.39, 0.29) is 5.69 Å². The third-order valence-electron chi connectivity index (χ3n) is 2.49. The molecule has 2 N–H and O–H groups in total. The molecule has 0 heterocycles. The molecule has 0 saturated heterocycles. The Morgan fingerprint density at radius 3 is 1.93 bits per heavy atom. The van der Waals surface area contributed by atoms with Crippen LogP contribution in [0.2, 0.25) is 0 Å². The number of alkyl halides is 6. The topological polar surface area (TPSA) is 84.9 Å². The summed E-state index contributed by atoms with van der Waals surface area (Å²) in [6.45, 7) is -4.23. The third kappa shape index (κ3) is 8.66. The number of anilines is 1. The van der Waals surface area contributed by atoms with Gasteiger partial charge >= 0.3 is 18.3 Å². The largest absolute Gasteiger partial charge is 0.480 e. The molecule has 0 aromatic heterocycles. The molecule has 27 heavy (non-hydrogen) atoms. The summed E-state index contributed by atoms with van der Waals surface area (Å²) < 4.78 is 81.1. The Labute approximate surface area is 155 Å². The number of nitrogens with one attached hydrogen (secondary N) is 1. The molecule has 0 radical (unpaired) electrons. The molecule has 0 aliphatic carbocycles. The van der Waals surface area contributed by atoms with Crippen LogP contribution in [0.1, 0.15) is 0 Å². The molecular weight excluding hydrogens is 456 g/mol. The van der Waals surface area contributed by atoms with Crippen molar-refractivity contribution in [1.82, 2.24) is 0 Å². The maximum Gasteiger partial charge on any atom is 0.422 e. The number of amides is 1. The third-order valence-corrected chi connectivity index (χ3v) is 3.02. The number of carbonyl (C=O) groups is 2. The Balaban J connectivity index is 3.05. The highest BCUT2D eigenvalue weighted by Gasteiger charge is 2.35. The van der Waals surface area contributed by atoms with Gasteiger partial charge in [-0.25, -0.2) is 4.79 Å². The minimum atomic E-state index is -4.97. The van der Waals surface area contributed by atoms with E-state index in [1.807, 2.05) is 5.32 Å². The minimum absolute atomic E-state index is 0.0212. The Bertz CT molecular complexity index is 714. The fraction of sp³-hybridized carbons (Fsp3) is 0.286. The van der Waals surface area contributed by atoms with Gasteiger partial charge in [-0.05, 0) is 24.3 Å². The number of hydrogen-bond donors (Lipinski definition) is 2. The lowest BCUT2D eigenvalue weighted by Gasteiger charge is -2.13. The molecule has 1 aromatic carbocycles. The van der Waals surface area contributed by atoms with Crippen LogP contribution in [-0.2, 0) is 19.1 Å². The van der Waals surface area contributed by atoms with Gasteiger partial charge < -0.3 is 19.9 Å². The van der Waals surface area contributed by atoms with Gasteiger partial charge in [0.2, 0.25) is 5.57 Å². The first-order valence-corrected chi connectivity index (χ1v) is 7.51. The Morgan fingerprint density at radius 1 is 0.963 bits per heavy atom. The number of carbonyl (C=O) groups excluding carboxylic acids is 2. The zero-order valence-electron chi connectivity index (χ0n) is 12.9. The van der Waals surface area contributed by atoms with Gasteiger partial charge in [-0.2, -0.15) is 26.3 Å². The number of rotatable bonds is 6. The number of aliphatic hydroxyl groups is 1. The molecule has 0 spiro atoms. The first-order chi connectivity index (χ1) is 12.3. The molecule has 0 fully saturated rings. The second kappa shape index (κ2) is 8.97. The highest BCUT2D eigenvalue weighted by molar-refractivity contribution is 9.10. The highest BCUT2D eigenvalue weighted by Crippen LogP contribution is 2.20. The normalized spacial score (nSPS) is 12.9. The first-order valence-electron chi connectivity index (χ1n) is 6.72. The number of halogens is 7. The molecule has 0 aliphatic rings. The van der Waals surface area contributed by atoms with Crippen molar-refractivity contribution < 1.29 is 50.5 Å². The molecule has 0 saturated carbocycles. The van der Waals surface area contributed by atoms with Gasteiger partial charge in [-0.3, -0.25) is 4.79 Å². The molecular formula is C14H10BrF6NO5. The van der Waals surface area contributed by atoms with Crippen LogP contribution in [0.25, 0.3) is 0 Å². The molecule has 1 rings (SSSR count). The average molecular weight is 466 g/mol. The summed E-state index contributed by atoms with van der Waals surface area (Å²) in [6.07, 6.45) is -9.91. The Morgan fingerprint density at radius 2 is 1.44 bits per heavy atom. The van der Waals surface area contributed by atoms with Crippen LogP contribution in [0.15, 0.2) is 40.3 Å². The Hall–Kier alpha value is -2.44. The minimum Gasteiger partial charge on any atom is -0.480 e. The van der Waals surface area contributed by atoms with Crippen LogP contribution in [0, 0.1) is 0 Å². The summed E-state index contributed by atoms with van der Waals surface area (Å²) in [4.78, 5) is 23.7. The molecule has 0 unspecified atom stereocenters. The van der Waals surface area contributed by atoms with Gasteiger partial charge in [0.15, 0.2) is 13.2 Å². The fourth-order valence-corrected chi connectivity index (χ4v) is 1.71. The monoisotopic (exact) mass is 465 g/mol. The van der Waals surface area contributed by atoms with Gasteiger partial charge in [0.05, 0.1) is 0 Å². The van der Waals surface area contributed by atoms with Crippen molar-refractivity contribution >= 4 is 33.5 Å². The quantitative estimate of drug-likeness (QED) is 0.166. The first kappa shape index (κ1) is 22.6. The predicted molar refractivity (Wildman–Crippen MR) is 81.4 cm³/mol. The zero-order valence-corrected chi connectivity index (χ0v) is 14.5. The second-order valence-corrected chi connectivity index (χ2v) is 5.65. The molecule has 13 heteroatoms. The van der Waals surface area contributed by atoms with Gasteiger partial charge in [-0.15, -0.1) is 0 Å². The molecule has 0 aliphatic heterocycles. The summed E-state index contributed by atoms with van der Waals surface area (Å²) in [5.74, 6) is -5.40. The molecule has 1 amide bonds. The van der Waals surface area contributed by atoms with Crippen molar-refractivity contribution in [2.75, 3.05) is 18.5 Å². The van der Waals surface area contributed by atoms with Crippen LogP contribution in [0.5, 0.6) is 0 Å². The van der Waals surface area contributed by atoms with E-state index in [4.69, 9.17) is 0 Å². The van der Waals surface area contributed by atoms with Crippen molar-refractivity contribution in [1.29, 1.82) is 0 Å². The number of hydrogen-bond acceptors (Lipinski definition) is 5. The van der Waals surface area contributed by atoms with Gasteiger partial charge in [0, 0.05) is 10.2 Å². The van der Waals surface area contributed by atoms with E-state index < -0.39 is 49.0 Å². The van der Waals surface area contributed by atoms with Crippen molar-refractivity contribution in [3.63, 3.8) is 0 Å². The number of ether oxygens (including phenoxy) is 2. The number of aliphatic hydroxyl groups excluding tert-OH is 1. The van der Waals surface area contributed by atoms with E-state index in [0.29, 0.717) is 4.47 Å². The zero-order chi connectivity index (χ0) is 20.8. The second-order valence-electron chi connectivity index (χ2n) is 4.74. The van der Waals surface area contributed by atoms with Crippen LogP contribution < -0.4 is 5.32 Å². The van der Waals surface area contributed by atoms with E-state index >= 15 is 0 Å². The molecule has 0 bridgehead atoms. The summed E-state index contributed by atoms with van der Waals surface area (Å²) in [7, 11) is 0. The van der Waals surface area contributed by atoms with Crippen molar-refractivity contribution in [2.45, 2.75) is 12.4 Å². The van der Waals surface area contributed by atoms with E-state index in [1.54, 1.807) is 0 Å². The summed E-state index contributed by atoms with van der Waals surface area (Å²) >= 11 is 3.10. The van der Waals surface area contributed by atoms with E-state index in [9.17, 15) is 41.0 Å².